The lowest BCUT2D eigenvalue weighted by atomic mass is 9.61. The number of fused-ring (bicyclic) bond motifs is 1. The van der Waals surface area contributed by atoms with E-state index >= 15 is 0 Å². The van der Waals surface area contributed by atoms with Crippen molar-refractivity contribution in [2.45, 2.75) is 86.0 Å². The van der Waals surface area contributed by atoms with Gasteiger partial charge >= 0.3 is 0 Å². The maximum Gasteiger partial charge on any atom is -0.0146 e. The molecule has 2 fully saturated rings. The van der Waals surface area contributed by atoms with E-state index < -0.39 is 0 Å². The van der Waals surface area contributed by atoms with Crippen LogP contribution in [0.3, 0.4) is 0 Å². The first-order valence-electron chi connectivity index (χ1n) is 9.14. The van der Waals surface area contributed by atoms with E-state index in [1.807, 2.05) is 0 Å². The van der Waals surface area contributed by atoms with E-state index in [2.05, 4.69) is 40.7 Å². The number of hydrogen-bond donors (Lipinski definition) is 0. The summed E-state index contributed by atoms with van der Waals surface area (Å²) in [4.78, 5) is 0. The van der Waals surface area contributed by atoms with E-state index in [1.54, 1.807) is 5.57 Å². The highest BCUT2D eigenvalue weighted by Crippen LogP contribution is 2.59. The van der Waals surface area contributed by atoms with Crippen molar-refractivity contribution in [3.05, 3.63) is 11.6 Å². The summed E-state index contributed by atoms with van der Waals surface area (Å²) in [5.74, 6) is 3.70. The van der Waals surface area contributed by atoms with Crippen LogP contribution in [0.1, 0.15) is 86.0 Å². The average molecular weight is 277 g/mol. The molecule has 0 heteroatoms. The van der Waals surface area contributed by atoms with Crippen molar-refractivity contribution in [1.29, 1.82) is 0 Å². The van der Waals surface area contributed by atoms with Crippen molar-refractivity contribution < 1.29 is 0 Å². The zero-order valence-corrected chi connectivity index (χ0v) is 14.5. The average Bonchev–Trinajstić information content (AvgIpc) is 2.75. The predicted molar refractivity (Wildman–Crippen MR) is 89.8 cm³/mol. The predicted octanol–water partition coefficient (Wildman–Crippen LogP) is 6.61. The standard InChI is InChI=1S/C20H36/c1-6-17-11-8-14-20(5)18(12-13-19(17)20)16(4)10-7-9-15(2)3/h6,15-16,18-19H,7-14H2,1-5H3/b17-6+/t16-,18?,19+,20-/m1/s1. The smallest absolute Gasteiger partial charge is 0.0146 e. The maximum absolute atomic E-state index is 2.62. The molecule has 0 aromatic heterocycles. The first-order valence-corrected chi connectivity index (χ1v) is 9.14. The lowest BCUT2D eigenvalue weighted by Gasteiger charge is -2.44. The van der Waals surface area contributed by atoms with Gasteiger partial charge in [-0.1, -0.05) is 58.6 Å². The molecular formula is C20H36. The van der Waals surface area contributed by atoms with Crippen molar-refractivity contribution in [3.8, 4) is 0 Å². The Bertz CT molecular complexity index is 338. The monoisotopic (exact) mass is 276 g/mol. The van der Waals surface area contributed by atoms with Crippen molar-refractivity contribution in [1.82, 2.24) is 0 Å². The summed E-state index contributed by atoms with van der Waals surface area (Å²) in [6.07, 6.45) is 14.0. The second kappa shape index (κ2) is 6.67. The Kier molecular flexibility index (Phi) is 5.37. The summed E-state index contributed by atoms with van der Waals surface area (Å²) in [7, 11) is 0. The second-order valence-electron chi connectivity index (χ2n) is 8.26. The van der Waals surface area contributed by atoms with Crippen LogP contribution in [-0.4, -0.2) is 0 Å². The number of allylic oxidation sites excluding steroid dienone is 2. The molecule has 0 aliphatic heterocycles. The van der Waals surface area contributed by atoms with Crippen LogP contribution in [0, 0.1) is 29.1 Å². The molecular weight excluding hydrogens is 240 g/mol. The van der Waals surface area contributed by atoms with Gasteiger partial charge in [0.15, 0.2) is 0 Å². The Balaban J connectivity index is 1.99. The Hall–Kier alpha value is -0.260. The van der Waals surface area contributed by atoms with Crippen LogP contribution in [0.2, 0.25) is 0 Å². The quantitative estimate of drug-likeness (QED) is 0.495. The topological polar surface area (TPSA) is 0 Å². The van der Waals surface area contributed by atoms with Gasteiger partial charge in [-0.3, -0.25) is 0 Å². The summed E-state index contributed by atoms with van der Waals surface area (Å²) in [5, 5.41) is 0. The first kappa shape index (κ1) is 16.1. The normalized spacial score (nSPS) is 37.4. The second-order valence-corrected chi connectivity index (χ2v) is 8.26. The van der Waals surface area contributed by atoms with Gasteiger partial charge in [0.25, 0.3) is 0 Å². The highest BCUT2D eigenvalue weighted by Gasteiger charge is 2.50. The molecule has 0 aromatic rings. The van der Waals surface area contributed by atoms with Gasteiger partial charge < -0.3 is 0 Å². The third kappa shape index (κ3) is 3.15. The van der Waals surface area contributed by atoms with Gasteiger partial charge in [-0.15, -0.1) is 0 Å². The Morgan fingerprint density at radius 2 is 1.95 bits per heavy atom. The molecule has 20 heavy (non-hydrogen) atoms. The zero-order chi connectivity index (χ0) is 14.8. The fourth-order valence-corrected chi connectivity index (χ4v) is 5.41. The minimum atomic E-state index is 0.622. The van der Waals surface area contributed by atoms with Crippen LogP contribution in [0.5, 0.6) is 0 Å². The highest BCUT2D eigenvalue weighted by atomic mass is 14.5. The molecule has 2 aliphatic carbocycles. The van der Waals surface area contributed by atoms with Crippen LogP contribution >= 0.6 is 0 Å². The van der Waals surface area contributed by atoms with Gasteiger partial charge in [-0.25, -0.2) is 0 Å². The molecule has 0 spiro atoms. The van der Waals surface area contributed by atoms with Gasteiger partial charge in [-0.05, 0) is 68.1 Å². The molecule has 2 saturated carbocycles. The Morgan fingerprint density at radius 1 is 1.20 bits per heavy atom. The first-order chi connectivity index (χ1) is 9.49. The fourth-order valence-electron chi connectivity index (χ4n) is 5.41. The molecule has 0 nitrogen and oxygen atoms in total. The van der Waals surface area contributed by atoms with E-state index in [1.165, 1.54) is 51.4 Å². The lowest BCUT2D eigenvalue weighted by molar-refractivity contribution is 0.0927. The van der Waals surface area contributed by atoms with Crippen molar-refractivity contribution in [2.75, 3.05) is 0 Å². The van der Waals surface area contributed by atoms with Gasteiger partial charge in [0, 0.05) is 0 Å². The van der Waals surface area contributed by atoms with E-state index in [-0.39, 0.29) is 0 Å². The number of hydrogen-bond acceptors (Lipinski definition) is 0. The molecule has 4 atom stereocenters. The van der Waals surface area contributed by atoms with E-state index in [0.717, 1.165) is 23.7 Å². The molecule has 0 radical (unpaired) electrons. The number of rotatable bonds is 5. The van der Waals surface area contributed by atoms with Gasteiger partial charge in [0.2, 0.25) is 0 Å². The molecule has 0 N–H and O–H groups in total. The fraction of sp³-hybridized carbons (Fsp3) is 0.900. The van der Waals surface area contributed by atoms with Crippen LogP contribution in [0.15, 0.2) is 11.6 Å². The van der Waals surface area contributed by atoms with E-state index in [0.29, 0.717) is 5.41 Å². The van der Waals surface area contributed by atoms with Crippen LogP contribution < -0.4 is 0 Å². The third-order valence-electron chi connectivity index (χ3n) is 6.54. The summed E-state index contributed by atoms with van der Waals surface area (Å²) < 4.78 is 0. The summed E-state index contributed by atoms with van der Waals surface area (Å²) in [6, 6.07) is 0. The van der Waals surface area contributed by atoms with Crippen molar-refractivity contribution in [3.63, 3.8) is 0 Å². The van der Waals surface area contributed by atoms with E-state index in [9.17, 15) is 0 Å². The molecule has 0 heterocycles. The van der Waals surface area contributed by atoms with Crippen LogP contribution in [0.25, 0.3) is 0 Å². The highest BCUT2D eigenvalue weighted by molar-refractivity contribution is 5.17. The van der Waals surface area contributed by atoms with Crippen molar-refractivity contribution >= 4 is 0 Å². The summed E-state index contributed by atoms with van der Waals surface area (Å²) in [5.41, 5.74) is 2.41. The summed E-state index contributed by atoms with van der Waals surface area (Å²) >= 11 is 0. The van der Waals surface area contributed by atoms with Crippen LogP contribution in [-0.2, 0) is 0 Å². The van der Waals surface area contributed by atoms with Gasteiger partial charge in [0.05, 0.1) is 0 Å². The minimum absolute atomic E-state index is 0.622. The SMILES string of the molecule is C/C=C1\CCC[C@]2(C)C([C@H](C)CCCC(C)C)CC[C@@H]12. The Labute approximate surface area is 127 Å². The maximum atomic E-state index is 2.62. The molecule has 1 unspecified atom stereocenters. The summed E-state index contributed by atoms with van der Waals surface area (Å²) in [6.45, 7) is 12.1. The molecule has 116 valence electrons. The largest absolute Gasteiger partial charge is 0.0882 e. The van der Waals surface area contributed by atoms with Crippen LogP contribution in [0.4, 0.5) is 0 Å². The molecule has 0 aromatic carbocycles. The third-order valence-corrected chi connectivity index (χ3v) is 6.54. The molecule has 2 rings (SSSR count). The molecule has 0 saturated heterocycles. The van der Waals surface area contributed by atoms with Crippen molar-refractivity contribution in [2.24, 2.45) is 29.1 Å². The zero-order valence-electron chi connectivity index (χ0n) is 14.5. The minimum Gasteiger partial charge on any atom is -0.0882 e. The lowest BCUT2D eigenvalue weighted by Crippen LogP contribution is -2.35. The molecule has 2 aliphatic rings. The van der Waals surface area contributed by atoms with Gasteiger partial charge in [0.1, 0.15) is 0 Å². The van der Waals surface area contributed by atoms with E-state index in [4.69, 9.17) is 0 Å². The molecule has 0 amide bonds. The van der Waals surface area contributed by atoms with Gasteiger partial charge in [-0.2, -0.15) is 0 Å². The Morgan fingerprint density at radius 3 is 2.60 bits per heavy atom. The molecule has 0 bridgehead atoms.